The summed E-state index contributed by atoms with van der Waals surface area (Å²) in [6, 6.07) is 9.51. The van der Waals surface area contributed by atoms with Crippen molar-refractivity contribution in [3.8, 4) is 0 Å². The van der Waals surface area contributed by atoms with Crippen molar-refractivity contribution in [2.24, 2.45) is 5.73 Å². The van der Waals surface area contributed by atoms with Gasteiger partial charge in [-0.3, -0.25) is 4.79 Å². The maximum atomic E-state index is 11.8. The second kappa shape index (κ2) is 4.66. The lowest BCUT2D eigenvalue weighted by Crippen LogP contribution is -2.40. The monoisotopic (exact) mass is 218 g/mol. The second-order valence-electron chi connectivity index (χ2n) is 4.66. The predicted octanol–water partition coefficient (Wildman–Crippen LogP) is 2.29. The molecule has 0 unspecified atom stereocenters. The molecule has 1 amide bonds. The van der Waals surface area contributed by atoms with Gasteiger partial charge in [-0.2, -0.15) is 0 Å². The predicted molar refractivity (Wildman–Crippen MR) is 65.1 cm³/mol. The normalized spacial score (nSPS) is 18.3. The van der Waals surface area contributed by atoms with E-state index in [9.17, 15) is 4.79 Å². The number of amides is 1. The Labute approximate surface area is 96.0 Å². The molecule has 1 saturated carbocycles. The van der Waals surface area contributed by atoms with Crippen LogP contribution in [0, 0.1) is 0 Å². The molecule has 1 aromatic rings. The number of para-hydroxylation sites is 1. The van der Waals surface area contributed by atoms with Gasteiger partial charge in [0.1, 0.15) is 0 Å². The highest BCUT2D eigenvalue weighted by Gasteiger charge is 2.31. The average molecular weight is 218 g/mol. The van der Waals surface area contributed by atoms with Crippen LogP contribution in [-0.4, -0.2) is 11.4 Å². The molecule has 0 bridgehead atoms. The molecule has 1 fully saturated rings. The van der Waals surface area contributed by atoms with Gasteiger partial charge in [-0.05, 0) is 25.0 Å². The molecule has 3 N–H and O–H groups in total. The summed E-state index contributed by atoms with van der Waals surface area (Å²) in [5, 5.41) is 2.88. The molecule has 2 rings (SSSR count). The van der Waals surface area contributed by atoms with Crippen LogP contribution in [-0.2, 0) is 4.79 Å². The highest BCUT2D eigenvalue weighted by molar-refractivity contribution is 5.91. The van der Waals surface area contributed by atoms with Crippen LogP contribution < -0.4 is 11.1 Å². The lowest BCUT2D eigenvalue weighted by Gasteiger charge is -2.22. The summed E-state index contributed by atoms with van der Waals surface area (Å²) >= 11 is 0. The summed E-state index contributed by atoms with van der Waals surface area (Å²) < 4.78 is 0. The molecule has 0 heterocycles. The zero-order valence-electron chi connectivity index (χ0n) is 9.41. The van der Waals surface area contributed by atoms with Gasteiger partial charge in [0.15, 0.2) is 0 Å². The zero-order valence-corrected chi connectivity index (χ0v) is 9.41. The minimum absolute atomic E-state index is 0.0237. The number of hydrogen-bond acceptors (Lipinski definition) is 2. The van der Waals surface area contributed by atoms with E-state index in [1.165, 1.54) is 0 Å². The van der Waals surface area contributed by atoms with E-state index in [0.717, 1.165) is 31.4 Å². The van der Waals surface area contributed by atoms with E-state index in [-0.39, 0.29) is 11.4 Å². The molecule has 1 aliphatic carbocycles. The number of nitrogens with two attached hydrogens (primary N) is 1. The van der Waals surface area contributed by atoms with Crippen molar-refractivity contribution in [1.29, 1.82) is 0 Å². The maximum Gasteiger partial charge on any atom is 0.226 e. The molecule has 0 aromatic heterocycles. The van der Waals surface area contributed by atoms with Crippen molar-refractivity contribution in [3.63, 3.8) is 0 Å². The van der Waals surface area contributed by atoms with Gasteiger partial charge in [0.2, 0.25) is 5.91 Å². The van der Waals surface area contributed by atoms with Crippen LogP contribution in [0.1, 0.15) is 32.1 Å². The van der Waals surface area contributed by atoms with Crippen LogP contribution in [0.25, 0.3) is 0 Å². The highest BCUT2D eigenvalue weighted by atomic mass is 16.1. The van der Waals surface area contributed by atoms with Crippen molar-refractivity contribution in [2.45, 2.75) is 37.6 Å². The molecule has 1 aliphatic rings. The SMILES string of the molecule is NC1(CC(=O)Nc2ccccc2)CCCC1. The fraction of sp³-hybridized carbons (Fsp3) is 0.462. The van der Waals surface area contributed by atoms with Crippen molar-refractivity contribution in [2.75, 3.05) is 5.32 Å². The van der Waals surface area contributed by atoms with Crippen LogP contribution in [0.3, 0.4) is 0 Å². The summed E-state index contributed by atoms with van der Waals surface area (Å²) in [4.78, 5) is 11.8. The molecule has 0 saturated heterocycles. The Kier molecular flexibility index (Phi) is 3.25. The fourth-order valence-corrected chi connectivity index (χ4v) is 2.30. The van der Waals surface area contributed by atoms with E-state index in [1.807, 2.05) is 30.3 Å². The number of nitrogens with one attached hydrogen (secondary N) is 1. The van der Waals surface area contributed by atoms with Crippen LogP contribution in [0.15, 0.2) is 30.3 Å². The molecule has 0 aliphatic heterocycles. The number of benzene rings is 1. The van der Waals surface area contributed by atoms with E-state index in [0.29, 0.717) is 6.42 Å². The maximum absolute atomic E-state index is 11.8. The van der Waals surface area contributed by atoms with Gasteiger partial charge in [-0.25, -0.2) is 0 Å². The van der Waals surface area contributed by atoms with E-state index in [1.54, 1.807) is 0 Å². The molecule has 0 radical (unpaired) electrons. The summed E-state index contributed by atoms with van der Waals surface area (Å²) in [6.45, 7) is 0. The molecule has 3 nitrogen and oxygen atoms in total. The van der Waals surface area contributed by atoms with Crippen molar-refractivity contribution >= 4 is 11.6 Å². The standard InChI is InChI=1S/C13H18N2O/c14-13(8-4-5-9-13)10-12(16)15-11-6-2-1-3-7-11/h1-3,6-7H,4-5,8-10,14H2,(H,15,16). The Morgan fingerprint density at radius 1 is 1.25 bits per heavy atom. The quantitative estimate of drug-likeness (QED) is 0.817. The topological polar surface area (TPSA) is 55.1 Å². The van der Waals surface area contributed by atoms with E-state index in [2.05, 4.69) is 5.32 Å². The lowest BCUT2D eigenvalue weighted by atomic mass is 9.94. The molecular formula is C13H18N2O. The Hall–Kier alpha value is -1.35. The Balaban J connectivity index is 1.89. The minimum Gasteiger partial charge on any atom is -0.326 e. The van der Waals surface area contributed by atoms with Crippen molar-refractivity contribution in [3.05, 3.63) is 30.3 Å². The van der Waals surface area contributed by atoms with Crippen LogP contribution in [0.4, 0.5) is 5.69 Å². The van der Waals surface area contributed by atoms with E-state index >= 15 is 0 Å². The molecule has 3 heteroatoms. The Morgan fingerprint density at radius 2 is 1.88 bits per heavy atom. The van der Waals surface area contributed by atoms with Crippen molar-refractivity contribution < 1.29 is 4.79 Å². The van der Waals surface area contributed by atoms with Crippen LogP contribution in [0.5, 0.6) is 0 Å². The Bertz CT molecular complexity index is 355. The summed E-state index contributed by atoms with van der Waals surface area (Å²) in [6.07, 6.45) is 4.66. The molecule has 0 atom stereocenters. The first-order chi connectivity index (χ1) is 7.68. The molecule has 16 heavy (non-hydrogen) atoms. The first kappa shape index (κ1) is 11.1. The largest absolute Gasteiger partial charge is 0.326 e. The van der Waals surface area contributed by atoms with E-state index in [4.69, 9.17) is 5.73 Å². The molecule has 86 valence electrons. The number of hydrogen-bond donors (Lipinski definition) is 2. The first-order valence-corrected chi connectivity index (χ1v) is 5.82. The molecule has 1 aromatic carbocycles. The van der Waals surface area contributed by atoms with Crippen LogP contribution in [0.2, 0.25) is 0 Å². The second-order valence-corrected chi connectivity index (χ2v) is 4.66. The highest BCUT2D eigenvalue weighted by Crippen LogP contribution is 2.30. The third kappa shape index (κ3) is 2.83. The third-order valence-electron chi connectivity index (χ3n) is 3.17. The van der Waals surface area contributed by atoms with Crippen LogP contribution >= 0.6 is 0 Å². The van der Waals surface area contributed by atoms with Gasteiger partial charge in [0.05, 0.1) is 0 Å². The minimum atomic E-state index is -0.265. The Morgan fingerprint density at radius 3 is 2.50 bits per heavy atom. The summed E-state index contributed by atoms with van der Waals surface area (Å²) in [5.74, 6) is 0.0237. The van der Waals surface area contributed by atoms with Gasteiger partial charge in [-0.15, -0.1) is 0 Å². The lowest BCUT2D eigenvalue weighted by molar-refractivity contribution is -0.117. The van der Waals surface area contributed by atoms with Gasteiger partial charge >= 0.3 is 0 Å². The molecular weight excluding hydrogens is 200 g/mol. The van der Waals surface area contributed by atoms with Crippen molar-refractivity contribution in [1.82, 2.24) is 0 Å². The summed E-state index contributed by atoms with van der Waals surface area (Å²) in [5.41, 5.74) is 6.73. The van der Waals surface area contributed by atoms with Gasteiger partial charge < -0.3 is 11.1 Å². The number of rotatable bonds is 3. The number of carbonyl (C=O) groups excluding carboxylic acids is 1. The van der Waals surface area contributed by atoms with E-state index < -0.39 is 0 Å². The van der Waals surface area contributed by atoms with Gasteiger partial charge in [0.25, 0.3) is 0 Å². The number of anilines is 1. The molecule has 0 spiro atoms. The summed E-state index contributed by atoms with van der Waals surface area (Å²) in [7, 11) is 0. The fourth-order valence-electron chi connectivity index (χ4n) is 2.30. The number of carbonyl (C=O) groups is 1. The first-order valence-electron chi connectivity index (χ1n) is 5.82. The third-order valence-corrected chi connectivity index (χ3v) is 3.17. The average Bonchev–Trinajstić information content (AvgIpc) is 2.66. The van der Waals surface area contributed by atoms with Gasteiger partial charge in [-0.1, -0.05) is 31.0 Å². The zero-order chi connectivity index (χ0) is 11.4. The smallest absolute Gasteiger partial charge is 0.226 e. The van der Waals surface area contributed by atoms with Gasteiger partial charge in [0, 0.05) is 17.6 Å².